The Balaban J connectivity index is 4.62. The second-order valence-corrected chi connectivity index (χ2v) is 19.6. The SMILES string of the molecule is CCCC[Si](Cl)(CCCC)CC[Si](Cl)(CCCC)CCCC. The third kappa shape index (κ3) is 10.7. The quantitative estimate of drug-likeness (QED) is 0.196. The van der Waals surface area contributed by atoms with E-state index >= 15 is 0 Å². The Morgan fingerprint density at radius 2 is 0.682 bits per heavy atom. The zero-order chi connectivity index (χ0) is 16.9. The first kappa shape index (κ1) is 23.0. The maximum absolute atomic E-state index is 7.17. The Morgan fingerprint density at radius 3 is 0.864 bits per heavy atom. The van der Waals surface area contributed by atoms with Crippen LogP contribution in [-0.4, -0.2) is 14.8 Å². The van der Waals surface area contributed by atoms with Crippen molar-refractivity contribution in [2.24, 2.45) is 0 Å². The average Bonchev–Trinajstić information content (AvgIpc) is 2.53. The molecule has 0 saturated carbocycles. The lowest BCUT2D eigenvalue weighted by Gasteiger charge is -2.30. The summed E-state index contributed by atoms with van der Waals surface area (Å²) in [6.07, 6.45) is 10.4. The fraction of sp³-hybridized carbons (Fsp3) is 1.00. The van der Waals surface area contributed by atoms with Crippen LogP contribution in [0.15, 0.2) is 0 Å². The number of hydrogen-bond acceptors (Lipinski definition) is 0. The molecule has 22 heavy (non-hydrogen) atoms. The van der Waals surface area contributed by atoms with Gasteiger partial charge >= 0.3 is 0 Å². The van der Waals surface area contributed by atoms with Crippen LogP contribution in [0.5, 0.6) is 0 Å². The van der Waals surface area contributed by atoms with Crippen LogP contribution in [-0.2, 0) is 0 Å². The van der Waals surface area contributed by atoms with Gasteiger partial charge in [-0.15, -0.1) is 0 Å². The summed E-state index contributed by atoms with van der Waals surface area (Å²) >= 11 is 14.3. The molecule has 0 unspecified atom stereocenters. The predicted molar refractivity (Wildman–Crippen MR) is 112 cm³/mol. The highest BCUT2D eigenvalue weighted by atomic mass is 35.6. The zero-order valence-corrected chi connectivity index (χ0v) is 19.2. The van der Waals surface area contributed by atoms with Gasteiger partial charge in [0.1, 0.15) is 0 Å². The fourth-order valence-corrected chi connectivity index (χ4v) is 15.5. The molecule has 134 valence electrons. The third-order valence-electron chi connectivity index (χ3n) is 4.93. The molecular formula is C18H40Cl2Si2. The van der Waals surface area contributed by atoms with E-state index in [4.69, 9.17) is 22.2 Å². The zero-order valence-electron chi connectivity index (χ0n) is 15.7. The molecule has 0 aromatic carbocycles. The molecule has 0 aromatic rings. The molecule has 0 radical (unpaired) electrons. The van der Waals surface area contributed by atoms with Crippen LogP contribution < -0.4 is 0 Å². The van der Waals surface area contributed by atoms with Gasteiger partial charge in [0.05, 0.1) is 0 Å². The van der Waals surface area contributed by atoms with Gasteiger partial charge in [0.15, 0.2) is 14.8 Å². The predicted octanol–water partition coefficient (Wildman–Crippen LogP) is 8.56. The van der Waals surface area contributed by atoms with Crippen LogP contribution >= 0.6 is 22.2 Å². The van der Waals surface area contributed by atoms with Crippen molar-refractivity contribution >= 4 is 36.9 Å². The highest BCUT2D eigenvalue weighted by molar-refractivity contribution is 7.23. The van der Waals surface area contributed by atoms with Crippen LogP contribution in [0.2, 0.25) is 36.3 Å². The number of halogens is 2. The second-order valence-electron chi connectivity index (χ2n) is 7.22. The fourth-order valence-electron chi connectivity index (χ4n) is 3.17. The largest absolute Gasteiger partial charge is 0.167 e. The first-order valence-corrected chi connectivity index (χ1v) is 17.1. The summed E-state index contributed by atoms with van der Waals surface area (Å²) in [6.45, 7) is 9.15. The van der Waals surface area contributed by atoms with E-state index in [1.165, 1.54) is 87.6 Å². The molecule has 0 saturated heterocycles. The molecule has 4 heteroatoms. The van der Waals surface area contributed by atoms with E-state index in [9.17, 15) is 0 Å². The Hall–Kier alpha value is 1.01. The number of unbranched alkanes of at least 4 members (excludes halogenated alkanes) is 4. The summed E-state index contributed by atoms with van der Waals surface area (Å²) in [4.78, 5) is 0. The lowest BCUT2D eigenvalue weighted by Crippen LogP contribution is -2.33. The summed E-state index contributed by atoms with van der Waals surface area (Å²) < 4.78 is 0. The number of hydrogen-bond donors (Lipinski definition) is 0. The van der Waals surface area contributed by atoms with Crippen molar-refractivity contribution in [1.29, 1.82) is 0 Å². The summed E-state index contributed by atoms with van der Waals surface area (Å²) in [5.41, 5.74) is 0. The van der Waals surface area contributed by atoms with Crippen molar-refractivity contribution < 1.29 is 0 Å². The minimum Gasteiger partial charge on any atom is -0.167 e. The first-order chi connectivity index (χ1) is 10.4. The van der Waals surface area contributed by atoms with E-state index in [1.807, 2.05) is 0 Å². The lowest BCUT2D eigenvalue weighted by atomic mass is 10.4. The molecule has 0 spiro atoms. The smallest absolute Gasteiger partial charge is 0.156 e. The van der Waals surface area contributed by atoms with Gasteiger partial charge in [-0.3, -0.25) is 0 Å². The number of rotatable bonds is 15. The molecule has 0 aliphatic heterocycles. The van der Waals surface area contributed by atoms with Crippen molar-refractivity contribution in [2.75, 3.05) is 0 Å². The molecule has 0 rings (SSSR count). The maximum Gasteiger partial charge on any atom is 0.156 e. The van der Waals surface area contributed by atoms with Crippen LogP contribution in [0.25, 0.3) is 0 Å². The van der Waals surface area contributed by atoms with Gasteiger partial charge < -0.3 is 0 Å². The molecule has 0 aromatic heterocycles. The van der Waals surface area contributed by atoms with Gasteiger partial charge in [0.25, 0.3) is 0 Å². The monoisotopic (exact) mass is 382 g/mol. The van der Waals surface area contributed by atoms with E-state index in [0.29, 0.717) is 0 Å². The van der Waals surface area contributed by atoms with Crippen LogP contribution in [0.3, 0.4) is 0 Å². The second kappa shape index (κ2) is 13.3. The van der Waals surface area contributed by atoms with Crippen LogP contribution in [0.1, 0.15) is 79.1 Å². The Labute approximate surface area is 152 Å². The van der Waals surface area contributed by atoms with Crippen molar-refractivity contribution in [1.82, 2.24) is 0 Å². The van der Waals surface area contributed by atoms with Crippen LogP contribution in [0.4, 0.5) is 0 Å². The standard InChI is InChI=1S/C18H40Cl2Si2/c1-5-9-13-21(19,14-10-6-2)17-18-22(20,15-11-7-3)16-12-8-4/h5-18H2,1-4H3. The van der Waals surface area contributed by atoms with E-state index < -0.39 is 14.8 Å². The minimum atomic E-state index is -1.56. The van der Waals surface area contributed by atoms with Crippen molar-refractivity contribution in [3.63, 3.8) is 0 Å². The highest BCUT2D eigenvalue weighted by Gasteiger charge is 2.36. The molecule has 0 N–H and O–H groups in total. The normalized spacial score (nSPS) is 12.8. The van der Waals surface area contributed by atoms with Gasteiger partial charge in [-0.1, -0.05) is 79.1 Å². The molecule has 0 aliphatic rings. The molecule has 0 atom stereocenters. The van der Waals surface area contributed by atoms with Gasteiger partial charge in [0.2, 0.25) is 0 Å². The molecule has 0 heterocycles. The van der Waals surface area contributed by atoms with Crippen molar-refractivity contribution in [3.8, 4) is 0 Å². The average molecular weight is 384 g/mol. The first-order valence-electron chi connectivity index (χ1n) is 9.83. The van der Waals surface area contributed by atoms with Gasteiger partial charge in [0, 0.05) is 0 Å². The Morgan fingerprint density at radius 1 is 0.455 bits per heavy atom. The molecule has 0 amide bonds. The summed E-state index contributed by atoms with van der Waals surface area (Å²) in [6, 6.07) is 7.83. The minimum absolute atomic E-state index is 1.28. The van der Waals surface area contributed by atoms with E-state index in [2.05, 4.69) is 27.7 Å². The van der Waals surface area contributed by atoms with Gasteiger partial charge in [-0.05, 0) is 36.3 Å². The Bertz CT molecular complexity index is 217. The Kier molecular flexibility index (Phi) is 13.9. The highest BCUT2D eigenvalue weighted by Crippen LogP contribution is 2.38. The summed E-state index contributed by atoms with van der Waals surface area (Å²) in [5.74, 6) is 0. The topological polar surface area (TPSA) is 0 Å². The van der Waals surface area contributed by atoms with Gasteiger partial charge in [-0.2, -0.15) is 22.2 Å². The third-order valence-corrected chi connectivity index (χ3v) is 16.1. The van der Waals surface area contributed by atoms with Crippen molar-refractivity contribution in [2.45, 2.75) is 115 Å². The van der Waals surface area contributed by atoms with E-state index in [-0.39, 0.29) is 0 Å². The van der Waals surface area contributed by atoms with Gasteiger partial charge in [-0.25, -0.2) is 0 Å². The molecular weight excluding hydrogens is 343 g/mol. The molecule has 0 aliphatic carbocycles. The summed E-state index contributed by atoms with van der Waals surface area (Å²) in [7, 11) is -3.11. The molecule has 0 fully saturated rings. The van der Waals surface area contributed by atoms with E-state index in [1.54, 1.807) is 0 Å². The molecule has 0 nitrogen and oxygen atoms in total. The van der Waals surface area contributed by atoms with Crippen LogP contribution in [0, 0.1) is 0 Å². The lowest BCUT2D eigenvalue weighted by molar-refractivity contribution is 0.822. The summed E-state index contributed by atoms with van der Waals surface area (Å²) in [5, 5.41) is 0. The van der Waals surface area contributed by atoms with Crippen molar-refractivity contribution in [3.05, 3.63) is 0 Å². The maximum atomic E-state index is 7.17. The van der Waals surface area contributed by atoms with E-state index in [0.717, 1.165) is 0 Å². The molecule has 0 bridgehead atoms.